The summed E-state index contributed by atoms with van der Waals surface area (Å²) in [5.74, 6) is -0.441. The number of halogens is 1. The van der Waals surface area contributed by atoms with Gasteiger partial charge in [0.15, 0.2) is 0 Å². The molecule has 29 heavy (non-hydrogen) atoms. The van der Waals surface area contributed by atoms with Crippen molar-refractivity contribution in [3.05, 3.63) is 53.8 Å². The molecule has 1 saturated heterocycles. The molecular weight excluding hydrogens is 375 g/mol. The number of methoxy groups -OCH3 is 1. The Morgan fingerprint density at radius 2 is 1.93 bits per heavy atom. The highest BCUT2D eigenvalue weighted by Crippen LogP contribution is 2.22. The van der Waals surface area contributed by atoms with E-state index in [1.807, 2.05) is 24.3 Å². The van der Waals surface area contributed by atoms with Crippen molar-refractivity contribution in [1.82, 2.24) is 4.90 Å². The number of carbonyl (C=O) groups is 2. The summed E-state index contributed by atoms with van der Waals surface area (Å²) in [5, 5.41) is 2.67. The second-order valence-corrected chi connectivity index (χ2v) is 7.04. The van der Waals surface area contributed by atoms with Crippen molar-refractivity contribution in [2.45, 2.75) is 13.0 Å². The summed E-state index contributed by atoms with van der Waals surface area (Å²) in [6.45, 7) is 3.17. The lowest BCUT2D eigenvalue weighted by atomic mass is 10.1. The van der Waals surface area contributed by atoms with Gasteiger partial charge in [0.05, 0.1) is 13.7 Å². The molecule has 8 heteroatoms. The van der Waals surface area contributed by atoms with E-state index in [9.17, 15) is 14.0 Å². The van der Waals surface area contributed by atoms with E-state index in [-0.39, 0.29) is 18.3 Å². The van der Waals surface area contributed by atoms with E-state index >= 15 is 0 Å². The summed E-state index contributed by atoms with van der Waals surface area (Å²) < 4.78 is 18.8. The molecule has 0 spiro atoms. The van der Waals surface area contributed by atoms with E-state index in [4.69, 9.17) is 10.5 Å². The molecule has 0 radical (unpaired) electrons. The number of benzene rings is 2. The monoisotopic (exact) mass is 400 g/mol. The smallest absolute Gasteiger partial charge is 0.238 e. The fourth-order valence-corrected chi connectivity index (χ4v) is 3.36. The third kappa shape index (κ3) is 5.03. The van der Waals surface area contributed by atoms with Crippen molar-refractivity contribution in [1.29, 1.82) is 0 Å². The second-order valence-electron chi connectivity index (χ2n) is 7.04. The van der Waals surface area contributed by atoms with Crippen molar-refractivity contribution >= 4 is 23.2 Å². The first-order chi connectivity index (χ1) is 13.9. The molecular formula is C21H25FN4O3. The molecule has 1 aliphatic rings. The lowest BCUT2D eigenvalue weighted by molar-refractivity contribution is -0.125. The molecule has 2 aromatic carbocycles. The van der Waals surface area contributed by atoms with Crippen LogP contribution in [0.15, 0.2) is 42.5 Å². The molecule has 1 fully saturated rings. The molecule has 0 aliphatic carbocycles. The minimum atomic E-state index is -0.605. The molecule has 3 rings (SSSR count). The van der Waals surface area contributed by atoms with Crippen LogP contribution in [0.1, 0.15) is 5.56 Å². The highest BCUT2D eigenvalue weighted by Gasteiger charge is 2.32. The number of nitrogens with one attached hydrogen (secondary N) is 1. The molecule has 0 unspecified atom stereocenters. The Kier molecular flexibility index (Phi) is 6.33. The third-order valence-electron chi connectivity index (χ3n) is 5.06. The number of primary amides is 1. The van der Waals surface area contributed by atoms with Crippen LogP contribution in [0.3, 0.4) is 0 Å². The van der Waals surface area contributed by atoms with Crippen LogP contribution in [0, 0.1) is 12.7 Å². The molecule has 2 amide bonds. The van der Waals surface area contributed by atoms with Gasteiger partial charge in [-0.25, -0.2) is 4.39 Å². The number of nitrogens with zero attached hydrogens (tertiary/aromatic N) is 2. The maximum absolute atomic E-state index is 13.7. The molecule has 0 saturated carbocycles. The molecule has 1 atom stereocenters. The Balaban J connectivity index is 1.64. The Morgan fingerprint density at radius 3 is 2.55 bits per heavy atom. The summed E-state index contributed by atoms with van der Waals surface area (Å²) in [7, 11) is 1.60. The fraction of sp³-hybridized carbons (Fsp3) is 0.333. The summed E-state index contributed by atoms with van der Waals surface area (Å²) in [6, 6.07) is 11.5. The van der Waals surface area contributed by atoms with Crippen LogP contribution in [0.2, 0.25) is 0 Å². The van der Waals surface area contributed by atoms with Crippen LogP contribution < -0.4 is 20.7 Å². The van der Waals surface area contributed by atoms with Gasteiger partial charge in [0.1, 0.15) is 17.6 Å². The number of carbonyl (C=O) groups excluding carboxylic acids is 2. The third-order valence-corrected chi connectivity index (χ3v) is 5.06. The summed E-state index contributed by atoms with van der Waals surface area (Å²) in [6.07, 6.45) is 0. The molecule has 0 aromatic heterocycles. The van der Waals surface area contributed by atoms with Crippen LogP contribution in [-0.2, 0) is 9.59 Å². The maximum atomic E-state index is 13.7. The quantitative estimate of drug-likeness (QED) is 0.772. The Morgan fingerprint density at radius 1 is 1.21 bits per heavy atom. The predicted octanol–water partition coefficient (Wildman–Crippen LogP) is 1.76. The van der Waals surface area contributed by atoms with Gasteiger partial charge in [-0.05, 0) is 48.9 Å². The van der Waals surface area contributed by atoms with E-state index in [1.165, 1.54) is 6.07 Å². The number of piperazine rings is 1. The number of hydrogen-bond acceptors (Lipinski definition) is 5. The standard InChI is InChI=1S/C21H25FN4O3/c1-14-3-4-15(11-18(14)22)24-20(27)13-26-10-9-25(12-19(26)21(23)28)16-5-7-17(29-2)8-6-16/h3-8,11,19H,9-10,12-13H2,1-2H3,(H2,23,28)(H,24,27)/t19-/m1/s1. The van der Waals surface area contributed by atoms with Gasteiger partial charge >= 0.3 is 0 Å². The first-order valence-electron chi connectivity index (χ1n) is 9.35. The molecule has 0 bridgehead atoms. The van der Waals surface area contributed by atoms with Crippen LogP contribution in [0.5, 0.6) is 5.75 Å². The minimum Gasteiger partial charge on any atom is -0.497 e. The number of anilines is 2. The first kappa shape index (κ1) is 20.6. The van der Waals surface area contributed by atoms with Gasteiger partial charge in [-0.3, -0.25) is 14.5 Å². The van der Waals surface area contributed by atoms with Crippen LogP contribution in [0.25, 0.3) is 0 Å². The summed E-state index contributed by atoms with van der Waals surface area (Å²) in [5.41, 5.74) is 7.44. The largest absolute Gasteiger partial charge is 0.497 e. The van der Waals surface area contributed by atoms with Crippen molar-refractivity contribution in [2.24, 2.45) is 5.73 Å². The first-order valence-corrected chi connectivity index (χ1v) is 9.35. The van der Waals surface area contributed by atoms with Gasteiger partial charge in [-0.2, -0.15) is 0 Å². The zero-order valence-electron chi connectivity index (χ0n) is 16.5. The predicted molar refractivity (Wildman–Crippen MR) is 110 cm³/mol. The summed E-state index contributed by atoms with van der Waals surface area (Å²) >= 11 is 0. The zero-order chi connectivity index (χ0) is 21.0. The van der Waals surface area contributed by atoms with Gasteiger partial charge in [0, 0.05) is 31.0 Å². The lowest BCUT2D eigenvalue weighted by Gasteiger charge is -2.40. The molecule has 7 nitrogen and oxygen atoms in total. The van der Waals surface area contributed by atoms with Gasteiger partial charge in [-0.15, -0.1) is 0 Å². The van der Waals surface area contributed by atoms with E-state index in [0.717, 1.165) is 11.4 Å². The number of rotatable bonds is 6. The Labute approximate surface area is 169 Å². The van der Waals surface area contributed by atoms with Crippen molar-refractivity contribution in [3.63, 3.8) is 0 Å². The molecule has 1 aliphatic heterocycles. The molecule has 154 valence electrons. The topological polar surface area (TPSA) is 87.9 Å². The number of nitrogens with two attached hydrogens (primary N) is 1. The SMILES string of the molecule is COc1ccc(N2CCN(CC(=O)Nc3ccc(C)c(F)c3)[C@@H](C(N)=O)C2)cc1. The number of hydrogen-bond donors (Lipinski definition) is 2. The van der Waals surface area contributed by atoms with Crippen molar-refractivity contribution in [2.75, 3.05) is 43.5 Å². The van der Waals surface area contributed by atoms with E-state index < -0.39 is 11.9 Å². The summed E-state index contributed by atoms with van der Waals surface area (Å²) in [4.78, 5) is 28.2. The van der Waals surface area contributed by atoms with E-state index in [0.29, 0.717) is 30.9 Å². The Bertz CT molecular complexity index is 888. The average molecular weight is 400 g/mol. The highest BCUT2D eigenvalue weighted by atomic mass is 19.1. The van der Waals surface area contributed by atoms with Gasteiger partial charge in [0.2, 0.25) is 11.8 Å². The van der Waals surface area contributed by atoms with Crippen molar-refractivity contribution < 1.29 is 18.7 Å². The van der Waals surface area contributed by atoms with Gasteiger partial charge in [-0.1, -0.05) is 6.07 Å². The fourth-order valence-electron chi connectivity index (χ4n) is 3.36. The molecule has 1 heterocycles. The highest BCUT2D eigenvalue weighted by molar-refractivity contribution is 5.93. The van der Waals surface area contributed by atoms with E-state index in [1.54, 1.807) is 31.1 Å². The van der Waals surface area contributed by atoms with Crippen molar-refractivity contribution in [3.8, 4) is 5.75 Å². The zero-order valence-corrected chi connectivity index (χ0v) is 16.5. The number of ether oxygens (including phenoxy) is 1. The van der Waals surface area contributed by atoms with Crippen LogP contribution in [0.4, 0.5) is 15.8 Å². The van der Waals surface area contributed by atoms with Gasteiger partial charge in [0.25, 0.3) is 0 Å². The van der Waals surface area contributed by atoms with E-state index in [2.05, 4.69) is 10.2 Å². The molecule has 2 aromatic rings. The van der Waals surface area contributed by atoms with Crippen LogP contribution >= 0.6 is 0 Å². The number of amides is 2. The lowest BCUT2D eigenvalue weighted by Crippen LogP contribution is -2.59. The maximum Gasteiger partial charge on any atom is 0.238 e. The molecule has 3 N–H and O–H groups in total. The number of aryl methyl sites for hydroxylation is 1. The minimum absolute atomic E-state index is 0.000442. The second kappa shape index (κ2) is 8.91. The average Bonchev–Trinajstić information content (AvgIpc) is 2.71. The Hall–Kier alpha value is -3.13. The van der Waals surface area contributed by atoms with Gasteiger partial charge < -0.3 is 20.7 Å². The normalized spacial score (nSPS) is 17.1. The van der Waals surface area contributed by atoms with Crippen LogP contribution in [-0.4, -0.2) is 56.0 Å².